The molecule has 1 amide bonds. The summed E-state index contributed by atoms with van der Waals surface area (Å²) in [5.41, 5.74) is 9.25. The lowest BCUT2D eigenvalue weighted by atomic mass is 10.00. The Morgan fingerprint density at radius 3 is 2.86 bits per heavy atom. The second-order valence-corrected chi connectivity index (χ2v) is 5.34. The van der Waals surface area contributed by atoms with E-state index in [1.54, 1.807) is 23.1 Å². The molecule has 0 fully saturated rings. The highest BCUT2D eigenvalue weighted by Gasteiger charge is 2.23. The Kier molecular flexibility index (Phi) is 3.52. The summed E-state index contributed by atoms with van der Waals surface area (Å²) in [5.74, 6) is 0.169. The van der Waals surface area contributed by atoms with Crippen LogP contribution in [0.15, 0.2) is 42.5 Å². The normalized spacial score (nSPS) is 13.8. The minimum atomic E-state index is 0.00206. The Bertz CT molecular complexity index is 682. The molecular formula is C17H18N2O2. The maximum absolute atomic E-state index is 12.6. The van der Waals surface area contributed by atoms with Crippen molar-refractivity contribution >= 4 is 17.3 Å². The van der Waals surface area contributed by atoms with Crippen molar-refractivity contribution in [3.05, 3.63) is 53.6 Å². The zero-order chi connectivity index (χ0) is 14.8. The molecule has 3 N–H and O–H groups in total. The second-order valence-electron chi connectivity index (χ2n) is 5.34. The van der Waals surface area contributed by atoms with E-state index in [9.17, 15) is 9.90 Å². The summed E-state index contributed by atoms with van der Waals surface area (Å²) in [7, 11) is 0. The molecule has 2 aromatic rings. The Morgan fingerprint density at radius 1 is 1.24 bits per heavy atom. The SMILES string of the molecule is Nc1ccc2c(c1)CCCN2C(=O)Cc1ccccc1O. The summed E-state index contributed by atoms with van der Waals surface area (Å²) in [5, 5.41) is 9.80. The number of para-hydroxylation sites is 1. The molecule has 0 unspecified atom stereocenters. The zero-order valence-electron chi connectivity index (χ0n) is 11.7. The van der Waals surface area contributed by atoms with Crippen molar-refractivity contribution in [3.63, 3.8) is 0 Å². The Morgan fingerprint density at radius 2 is 2.05 bits per heavy atom. The van der Waals surface area contributed by atoms with Crippen molar-refractivity contribution in [2.24, 2.45) is 0 Å². The van der Waals surface area contributed by atoms with Crippen molar-refractivity contribution in [2.75, 3.05) is 17.2 Å². The van der Waals surface area contributed by atoms with Gasteiger partial charge in [-0.1, -0.05) is 18.2 Å². The van der Waals surface area contributed by atoms with Crippen LogP contribution in [0.25, 0.3) is 0 Å². The first-order valence-corrected chi connectivity index (χ1v) is 7.11. The van der Waals surface area contributed by atoms with Gasteiger partial charge in [-0.05, 0) is 42.7 Å². The molecule has 4 heteroatoms. The number of rotatable bonds is 2. The lowest BCUT2D eigenvalue weighted by molar-refractivity contribution is -0.118. The lowest BCUT2D eigenvalue weighted by Gasteiger charge is -2.30. The van der Waals surface area contributed by atoms with Gasteiger partial charge in [-0.15, -0.1) is 0 Å². The monoisotopic (exact) mass is 282 g/mol. The first-order valence-electron chi connectivity index (χ1n) is 7.11. The van der Waals surface area contributed by atoms with Gasteiger partial charge < -0.3 is 15.7 Å². The Hall–Kier alpha value is -2.49. The number of nitrogens with zero attached hydrogens (tertiary/aromatic N) is 1. The predicted octanol–water partition coefficient (Wildman–Crippen LogP) is 2.50. The van der Waals surface area contributed by atoms with Gasteiger partial charge in [-0.2, -0.15) is 0 Å². The molecule has 0 atom stereocenters. The quantitative estimate of drug-likeness (QED) is 0.832. The number of hydrogen-bond donors (Lipinski definition) is 2. The van der Waals surface area contributed by atoms with E-state index in [4.69, 9.17) is 5.73 Å². The number of aromatic hydroxyl groups is 1. The van der Waals surface area contributed by atoms with Crippen molar-refractivity contribution in [1.82, 2.24) is 0 Å². The summed E-state index contributed by atoms with van der Waals surface area (Å²) < 4.78 is 0. The van der Waals surface area contributed by atoms with E-state index in [2.05, 4.69) is 0 Å². The average molecular weight is 282 g/mol. The molecule has 1 aliphatic heterocycles. The van der Waals surface area contributed by atoms with Crippen LogP contribution in [0.3, 0.4) is 0 Å². The van der Waals surface area contributed by atoms with Gasteiger partial charge in [-0.25, -0.2) is 0 Å². The van der Waals surface area contributed by atoms with Crippen LogP contribution >= 0.6 is 0 Å². The van der Waals surface area contributed by atoms with Crippen LogP contribution in [0.4, 0.5) is 11.4 Å². The van der Waals surface area contributed by atoms with Crippen molar-refractivity contribution in [1.29, 1.82) is 0 Å². The fourth-order valence-electron chi connectivity index (χ4n) is 2.79. The van der Waals surface area contributed by atoms with Crippen molar-refractivity contribution in [3.8, 4) is 5.75 Å². The smallest absolute Gasteiger partial charge is 0.231 e. The van der Waals surface area contributed by atoms with Gasteiger partial charge in [0.25, 0.3) is 0 Å². The van der Waals surface area contributed by atoms with E-state index in [0.717, 1.165) is 29.8 Å². The predicted molar refractivity (Wildman–Crippen MR) is 83.3 cm³/mol. The first kappa shape index (κ1) is 13.5. The summed E-state index contributed by atoms with van der Waals surface area (Å²) in [6.45, 7) is 0.712. The third kappa shape index (κ3) is 2.70. The van der Waals surface area contributed by atoms with Crippen molar-refractivity contribution < 1.29 is 9.90 Å². The fraction of sp³-hybridized carbons (Fsp3) is 0.235. The molecule has 0 spiro atoms. The molecular weight excluding hydrogens is 264 g/mol. The molecule has 1 aliphatic rings. The standard InChI is InChI=1S/C17H18N2O2/c18-14-7-8-15-12(10-14)5-3-9-19(15)17(21)11-13-4-1-2-6-16(13)20/h1-2,4,6-8,10,20H,3,5,9,11,18H2. The van der Waals surface area contributed by atoms with Gasteiger partial charge in [0.1, 0.15) is 5.75 Å². The average Bonchev–Trinajstić information content (AvgIpc) is 2.48. The maximum Gasteiger partial charge on any atom is 0.231 e. The molecule has 3 rings (SSSR count). The van der Waals surface area contributed by atoms with Crippen LogP contribution in [-0.4, -0.2) is 17.6 Å². The molecule has 21 heavy (non-hydrogen) atoms. The van der Waals surface area contributed by atoms with Crippen LogP contribution < -0.4 is 10.6 Å². The third-order valence-electron chi connectivity index (χ3n) is 3.86. The van der Waals surface area contributed by atoms with Crippen LogP contribution in [0, 0.1) is 0 Å². The zero-order valence-corrected chi connectivity index (χ0v) is 11.7. The number of phenolic OH excluding ortho intramolecular Hbond substituents is 1. The topological polar surface area (TPSA) is 66.6 Å². The van der Waals surface area contributed by atoms with Gasteiger partial charge in [0.05, 0.1) is 6.42 Å². The number of benzene rings is 2. The molecule has 0 saturated heterocycles. The fourth-order valence-corrected chi connectivity index (χ4v) is 2.79. The van der Waals surface area contributed by atoms with E-state index in [-0.39, 0.29) is 18.1 Å². The van der Waals surface area contributed by atoms with Crippen LogP contribution in [-0.2, 0) is 17.6 Å². The number of carbonyl (C=O) groups is 1. The van der Waals surface area contributed by atoms with E-state index in [1.807, 2.05) is 24.3 Å². The molecule has 0 aliphatic carbocycles. The van der Waals surface area contributed by atoms with Crippen LogP contribution in [0.5, 0.6) is 5.75 Å². The van der Waals surface area contributed by atoms with E-state index < -0.39 is 0 Å². The third-order valence-corrected chi connectivity index (χ3v) is 3.86. The number of aryl methyl sites for hydroxylation is 1. The molecule has 1 heterocycles. The highest BCUT2D eigenvalue weighted by molar-refractivity contribution is 5.96. The van der Waals surface area contributed by atoms with Gasteiger partial charge in [0.15, 0.2) is 0 Å². The maximum atomic E-state index is 12.6. The number of nitrogens with two attached hydrogens (primary N) is 1. The molecule has 0 saturated carbocycles. The number of carbonyl (C=O) groups excluding carboxylic acids is 1. The van der Waals surface area contributed by atoms with Crippen LogP contribution in [0.2, 0.25) is 0 Å². The van der Waals surface area contributed by atoms with E-state index in [1.165, 1.54) is 0 Å². The number of fused-ring (bicyclic) bond motifs is 1. The van der Waals surface area contributed by atoms with Gasteiger partial charge in [0, 0.05) is 23.5 Å². The summed E-state index contributed by atoms with van der Waals surface area (Å²) >= 11 is 0. The number of phenols is 1. The molecule has 0 bridgehead atoms. The largest absolute Gasteiger partial charge is 0.508 e. The second kappa shape index (κ2) is 5.48. The highest BCUT2D eigenvalue weighted by Crippen LogP contribution is 2.29. The minimum absolute atomic E-state index is 0.00206. The lowest BCUT2D eigenvalue weighted by Crippen LogP contribution is -2.36. The molecule has 2 aromatic carbocycles. The van der Waals surface area contributed by atoms with Crippen LogP contribution in [0.1, 0.15) is 17.5 Å². The Balaban J connectivity index is 1.85. The van der Waals surface area contributed by atoms with E-state index >= 15 is 0 Å². The number of anilines is 2. The van der Waals surface area contributed by atoms with Gasteiger partial charge >= 0.3 is 0 Å². The minimum Gasteiger partial charge on any atom is -0.508 e. The number of amides is 1. The first-order chi connectivity index (χ1) is 10.1. The number of nitrogen functional groups attached to an aromatic ring is 1. The molecule has 0 aromatic heterocycles. The summed E-state index contributed by atoms with van der Waals surface area (Å²) in [6.07, 6.45) is 2.08. The number of hydrogen-bond acceptors (Lipinski definition) is 3. The Labute approximate surface area is 123 Å². The summed E-state index contributed by atoms with van der Waals surface area (Å²) in [4.78, 5) is 14.3. The molecule has 0 radical (unpaired) electrons. The van der Waals surface area contributed by atoms with Crippen molar-refractivity contribution in [2.45, 2.75) is 19.3 Å². The summed E-state index contributed by atoms with van der Waals surface area (Å²) in [6, 6.07) is 12.6. The van der Waals surface area contributed by atoms with Gasteiger partial charge in [0.2, 0.25) is 5.91 Å². The molecule has 4 nitrogen and oxygen atoms in total. The highest BCUT2D eigenvalue weighted by atomic mass is 16.3. The molecule has 108 valence electrons. The van der Waals surface area contributed by atoms with E-state index in [0.29, 0.717) is 12.1 Å². The van der Waals surface area contributed by atoms with Gasteiger partial charge in [-0.3, -0.25) is 4.79 Å².